The lowest BCUT2D eigenvalue weighted by Crippen LogP contribution is -2.56. The van der Waals surface area contributed by atoms with E-state index in [2.05, 4.69) is 28.8 Å². The largest absolute Gasteiger partial charge is 0.497 e. The number of hydrogen-bond donors (Lipinski definition) is 2. The summed E-state index contributed by atoms with van der Waals surface area (Å²) in [5, 5.41) is 6.12. The molecule has 14 heteroatoms. The van der Waals surface area contributed by atoms with Crippen LogP contribution in [0.25, 0.3) is 10.9 Å². The van der Waals surface area contributed by atoms with E-state index in [4.69, 9.17) is 23.7 Å². The van der Waals surface area contributed by atoms with Crippen molar-refractivity contribution in [2.24, 2.45) is 5.92 Å². The number of hydrogen-bond acceptors (Lipinski definition) is 11. The highest BCUT2D eigenvalue weighted by Crippen LogP contribution is 2.45. The molecule has 0 unspecified atom stereocenters. The topological polar surface area (TPSA) is 172 Å². The SMILES string of the molecule is C=CCCCCC[C@H](NC(=O)OC(C)(C)C)C(=O)N1C[C@H](Oc2cc(C(=O)OC)nc3cc(OC)ccc23)C[C@H]1C(=O)N[C@]1(C(=O)OC)C[C@@H]1C=C. The van der Waals surface area contributed by atoms with Gasteiger partial charge in [-0.25, -0.2) is 19.4 Å². The Kier molecular flexibility index (Phi) is 12.9. The summed E-state index contributed by atoms with van der Waals surface area (Å²) < 4.78 is 27.2. The van der Waals surface area contributed by atoms with Gasteiger partial charge in [0.05, 0.1) is 33.4 Å². The van der Waals surface area contributed by atoms with E-state index < -0.39 is 59.2 Å². The molecule has 4 rings (SSSR count). The number of amides is 3. The van der Waals surface area contributed by atoms with Crippen molar-refractivity contribution in [3.8, 4) is 11.5 Å². The number of aromatic nitrogens is 1. The average Bonchev–Trinajstić information content (AvgIpc) is 3.67. The molecule has 0 spiro atoms. The van der Waals surface area contributed by atoms with E-state index >= 15 is 0 Å². The second kappa shape index (κ2) is 16.9. The van der Waals surface area contributed by atoms with Crippen LogP contribution in [-0.2, 0) is 28.6 Å². The number of pyridine rings is 1. The minimum Gasteiger partial charge on any atom is -0.497 e. The van der Waals surface area contributed by atoms with Crippen LogP contribution in [0.15, 0.2) is 49.6 Å². The van der Waals surface area contributed by atoms with Crippen molar-refractivity contribution in [3.05, 3.63) is 55.3 Å². The first-order valence-corrected chi connectivity index (χ1v) is 17.4. The first kappa shape index (κ1) is 39.6. The predicted molar refractivity (Wildman–Crippen MR) is 192 cm³/mol. The first-order valence-electron chi connectivity index (χ1n) is 17.4. The highest BCUT2D eigenvalue weighted by atomic mass is 16.6. The van der Waals surface area contributed by atoms with Gasteiger partial charge in [-0.3, -0.25) is 9.59 Å². The number of likely N-dealkylation sites (tertiary alicyclic amines) is 1. The Labute approximate surface area is 304 Å². The van der Waals surface area contributed by atoms with Crippen LogP contribution in [0.3, 0.4) is 0 Å². The van der Waals surface area contributed by atoms with E-state index in [1.54, 1.807) is 45.0 Å². The standard InChI is InChI=1S/C38H50N4O10/c1-9-11-12-13-14-15-27(40-36(47)52-37(3,4)5)33(44)42-22-25(19-30(42)32(43)41-38(35(46)50-8)21-23(38)10-2)51-31-20-29(34(45)49-7)39-28-18-24(48-6)16-17-26(28)31/h9-10,16-18,20,23,25,27,30H,1-2,11-15,19,21-22H2,3-8H3,(H,40,47)(H,41,43)/t23-,25+,27-,30-,38+/m0/s1. The lowest BCUT2D eigenvalue weighted by molar-refractivity contribution is -0.148. The maximum absolute atomic E-state index is 14.4. The molecule has 52 heavy (non-hydrogen) atoms. The Morgan fingerprint density at radius 2 is 1.81 bits per heavy atom. The number of methoxy groups -OCH3 is 3. The van der Waals surface area contributed by atoms with Crippen molar-refractivity contribution in [3.63, 3.8) is 0 Å². The van der Waals surface area contributed by atoms with Crippen LogP contribution in [0.2, 0.25) is 0 Å². The van der Waals surface area contributed by atoms with Gasteiger partial charge in [0.25, 0.3) is 0 Å². The number of unbranched alkanes of at least 4 members (excludes halogenated alkanes) is 3. The highest BCUT2D eigenvalue weighted by Gasteiger charge is 2.62. The zero-order valence-corrected chi connectivity index (χ0v) is 30.8. The molecule has 3 amide bonds. The maximum atomic E-state index is 14.4. The third-order valence-corrected chi connectivity index (χ3v) is 9.10. The third kappa shape index (κ3) is 9.39. The van der Waals surface area contributed by atoms with Crippen LogP contribution >= 0.6 is 0 Å². The molecule has 1 aliphatic heterocycles. The van der Waals surface area contributed by atoms with Gasteiger partial charge in [0.15, 0.2) is 5.69 Å². The molecule has 5 atom stereocenters. The van der Waals surface area contributed by atoms with Crippen LogP contribution in [0.5, 0.6) is 11.5 Å². The van der Waals surface area contributed by atoms with E-state index in [9.17, 15) is 24.0 Å². The number of esters is 2. The maximum Gasteiger partial charge on any atom is 0.408 e. The zero-order chi connectivity index (χ0) is 38.2. The molecule has 282 valence electrons. The summed E-state index contributed by atoms with van der Waals surface area (Å²) in [6.07, 6.45) is 5.57. The van der Waals surface area contributed by atoms with Crippen molar-refractivity contribution < 1.29 is 47.7 Å². The number of benzene rings is 1. The molecular weight excluding hydrogens is 672 g/mol. The second-order valence-electron chi connectivity index (χ2n) is 14.0. The fourth-order valence-corrected chi connectivity index (χ4v) is 6.37. The van der Waals surface area contributed by atoms with Gasteiger partial charge < -0.3 is 39.2 Å². The Morgan fingerprint density at radius 3 is 2.42 bits per heavy atom. The zero-order valence-electron chi connectivity index (χ0n) is 30.8. The van der Waals surface area contributed by atoms with Gasteiger partial charge in [-0.1, -0.05) is 25.0 Å². The summed E-state index contributed by atoms with van der Waals surface area (Å²) >= 11 is 0. The van der Waals surface area contributed by atoms with Gasteiger partial charge in [-0.2, -0.15) is 0 Å². The van der Waals surface area contributed by atoms with Gasteiger partial charge in [-0.05, 0) is 58.6 Å². The number of alkyl carbamates (subject to hydrolysis) is 1. The number of fused-ring (bicyclic) bond motifs is 1. The summed E-state index contributed by atoms with van der Waals surface area (Å²) in [6, 6.07) is 4.42. The van der Waals surface area contributed by atoms with Gasteiger partial charge in [-0.15, -0.1) is 13.2 Å². The molecule has 2 aromatic rings. The molecule has 2 N–H and O–H groups in total. The van der Waals surface area contributed by atoms with E-state index in [1.165, 1.54) is 32.3 Å². The summed E-state index contributed by atoms with van der Waals surface area (Å²) in [5.74, 6) is -1.97. The molecule has 2 fully saturated rings. The summed E-state index contributed by atoms with van der Waals surface area (Å²) in [7, 11) is 3.99. The van der Waals surface area contributed by atoms with Crippen LogP contribution in [0, 0.1) is 5.92 Å². The first-order chi connectivity index (χ1) is 24.7. The molecule has 2 aliphatic rings. The number of nitrogens with one attached hydrogen (secondary N) is 2. The minimum absolute atomic E-state index is 0.0132. The minimum atomic E-state index is -1.31. The van der Waals surface area contributed by atoms with Crippen LogP contribution in [0.1, 0.15) is 76.2 Å². The van der Waals surface area contributed by atoms with Crippen LogP contribution < -0.4 is 20.1 Å². The summed E-state index contributed by atoms with van der Waals surface area (Å²) in [6.45, 7) is 12.6. The fraction of sp³-hybridized carbons (Fsp3) is 0.526. The number of ether oxygens (including phenoxy) is 5. The molecular formula is C38H50N4O10. The van der Waals surface area contributed by atoms with E-state index in [1.807, 2.05) is 6.08 Å². The van der Waals surface area contributed by atoms with Crippen molar-refractivity contribution in [2.75, 3.05) is 27.9 Å². The predicted octanol–water partition coefficient (Wildman–Crippen LogP) is 4.64. The Morgan fingerprint density at radius 1 is 1.06 bits per heavy atom. The van der Waals surface area contributed by atoms with Crippen LogP contribution in [-0.4, -0.2) is 96.9 Å². The Balaban J connectivity index is 1.69. The molecule has 0 radical (unpaired) electrons. The normalized spacial score (nSPS) is 21.3. The molecule has 2 heterocycles. The summed E-state index contributed by atoms with van der Waals surface area (Å²) in [5.41, 5.74) is -1.73. The van der Waals surface area contributed by atoms with Gasteiger partial charge in [0.1, 0.15) is 40.8 Å². The average molecular weight is 723 g/mol. The molecule has 1 aromatic carbocycles. The summed E-state index contributed by atoms with van der Waals surface area (Å²) in [4.78, 5) is 72.7. The fourth-order valence-electron chi connectivity index (χ4n) is 6.37. The quantitative estimate of drug-likeness (QED) is 0.107. The molecule has 1 aromatic heterocycles. The lowest BCUT2D eigenvalue weighted by Gasteiger charge is -2.30. The van der Waals surface area contributed by atoms with Crippen molar-refractivity contribution in [1.29, 1.82) is 0 Å². The molecule has 1 saturated heterocycles. The monoisotopic (exact) mass is 722 g/mol. The number of allylic oxidation sites excluding steroid dienone is 1. The number of nitrogens with zero attached hydrogens (tertiary/aromatic N) is 2. The Hall–Kier alpha value is -5.14. The van der Waals surface area contributed by atoms with Gasteiger partial charge in [0.2, 0.25) is 11.8 Å². The lowest BCUT2D eigenvalue weighted by atomic mass is 10.0. The molecule has 1 aliphatic carbocycles. The highest BCUT2D eigenvalue weighted by molar-refractivity contribution is 5.97. The number of carbonyl (C=O) groups excluding carboxylic acids is 5. The number of carbonyl (C=O) groups is 5. The van der Waals surface area contributed by atoms with Gasteiger partial charge in [0, 0.05) is 29.9 Å². The van der Waals surface area contributed by atoms with Gasteiger partial charge >= 0.3 is 18.0 Å². The third-order valence-electron chi connectivity index (χ3n) is 9.10. The molecule has 1 saturated carbocycles. The second-order valence-corrected chi connectivity index (χ2v) is 14.0. The van der Waals surface area contributed by atoms with Crippen molar-refractivity contribution in [2.45, 2.75) is 95.0 Å². The van der Waals surface area contributed by atoms with Crippen molar-refractivity contribution in [1.82, 2.24) is 20.5 Å². The van der Waals surface area contributed by atoms with E-state index in [0.29, 0.717) is 29.5 Å². The number of rotatable bonds is 16. The smallest absolute Gasteiger partial charge is 0.408 e. The molecule has 0 bridgehead atoms. The van der Waals surface area contributed by atoms with Crippen molar-refractivity contribution >= 4 is 40.7 Å². The Bertz CT molecular complexity index is 1690. The van der Waals surface area contributed by atoms with Crippen LogP contribution in [0.4, 0.5) is 4.79 Å². The molecule has 14 nitrogen and oxygen atoms in total. The van der Waals surface area contributed by atoms with E-state index in [-0.39, 0.29) is 36.7 Å². The van der Waals surface area contributed by atoms with E-state index in [0.717, 1.165) is 19.3 Å².